The third kappa shape index (κ3) is 2.73. The molecule has 3 nitrogen and oxygen atoms in total. The van der Waals surface area contributed by atoms with Gasteiger partial charge in [-0.15, -0.1) is 0 Å². The number of likely N-dealkylation sites (N-methyl/N-ethyl adjacent to an activating group) is 1. The average molecular weight is 272 g/mol. The van der Waals surface area contributed by atoms with E-state index in [1.807, 2.05) is 7.05 Å². The zero-order valence-corrected chi connectivity index (χ0v) is 12.3. The van der Waals surface area contributed by atoms with Gasteiger partial charge in [0.05, 0.1) is 6.42 Å². The van der Waals surface area contributed by atoms with Gasteiger partial charge < -0.3 is 10.2 Å². The van der Waals surface area contributed by atoms with Gasteiger partial charge >= 0.3 is 0 Å². The number of carbonyl (C=O) groups excluding carboxylic acids is 1. The maximum absolute atomic E-state index is 12.5. The van der Waals surface area contributed by atoms with Gasteiger partial charge in [-0.2, -0.15) is 0 Å². The molecule has 3 rings (SSSR count). The van der Waals surface area contributed by atoms with Crippen LogP contribution >= 0.6 is 0 Å². The highest BCUT2D eigenvalue weighted by Gasteiger charge is 2.28. The third-order valence-corrected chi connectivity index (χ3v) is 4.66. The van der Waals surface area contributed by atoms with E-state index in [1.165, 1.54) is 36.0 Å². The van der Waals surface area contributed by atoms with Crippen LogP contribution in [0, 0.1) is 0 Å². The molecule has 1 heterocycles. The topological polar surface area (TPSA) is 32.3 Å². The molecule has 1 unspecified atom stereocenters. The van der Waals surface area contributed by atoms with E-state index in [-0.39, 0.29) is 0 Å². The highest BCUT2D eigenvalue weighted by molar-refractivity contribution is 5.79. The average Bonchev–Trinajstić information content (AvgIpc) is 3.07. The van der Waals surface area contributed by atoms with Crippen LogP contribution in [-0.2, 0) is 24.1 Å². The summed E-state index contributed by atoms with van der Waals surface area (Å²) in [5.74, 6) is 0.292. The first-order valence-corrected chi connectivity index (χ1v) is 7.82. The van der Waals surface area contributed by atoms with Crippen molar-refractivity contribution in [2.75, 3.05) is 20.1 Å². The molecule has 3 heteroatoms. The molecule has 20 heavy (non-hydrogen) atoms. The van der Waals surface area contributed by atoms with Gasteiger partial charge in [-0.1, -0.05) is 18.2 Å². The maximum Gasteiger partial charge on any atom is 0.227 e. The van der Waals surface area contributed by atoms with Gasteiger partial charge in [0, 0.05) is 19.1 Å². The molecule has 0 bridgehead atoms. The van der Waals surface area contributed by atoms with Crippen LogP contribution in [0.5, 0.6) is 0 Å². The van der Waals surface area contributed by atoms with Crippen LogP contribution in [0.2, 0.25) is 0 Å². The van der Waals surface area contributed by atoms with Crippen LogP contribution in [-0.4, -0.2) is 37.0 Å². The first kappa shape index (κ1) is 13.6. The predicted molar refractivity (Wildman–Crippen MR) is 80.8 cm³/mol. The van der Waals surface area contributed by atoms with Crippen molar-refractivity contribution in [3.8, 4) is 0 Å². The number of nitrogens with one attached hydrogen (secondary N) is 1. The Morgan fingerprint density at radius 1 is 1.30 bits per heavy atom. The Bertz CT molecular complexity index is 498. The smallest absolute Gasteiger partial charge is 0.227 e. The Balaban J connectivity index is 1.66. The maximum atomic E-state index is 12.5. The molecule has 2 aliphatic rings. The van der Waals surface area contributed by atoms with E-state index >= 15 is 0 Å². The van der Waals surface area contributed by atoms with Crippen molar-refractivity contribution in [1.82, 2.24) is 10.2 Å². The summed E-state index contributed by atoms with van der Waals surface area (Å²) in [6, 6.07) is 7.01. The minimum Gasteiger partial charge on any atom is -0.338 e. The van der Waals surface area contributed by atoms with Gasteiger partial charge in [0.1, 0.15) is 0 Å². The number of carbonyl (C=O) groups is 1. The number of aryl methyl sites for hydroxylation is 2. The van der Waals surface area contributed by atoms with Gasteiger partial charge in [-0.3, -0.25) is 4.79 Å². The molecule has 1 aromatic rings. The summed E-state index contributed by atoms with van der Waals surface area (Å²) >= 11 is 0. The van der Waals surface area contributed by atoms with Crippen LogP contribution in [0.25, 0.3) is 0 Å². The standard InChI is InChI=1S/C17H24N2O/c1-18-12-16-6-3-9-19(16)17(20)11-13-7-8-14-4-2-5-15(14)10-13/h7-8,10,16,18H,2-6,9,11-12H2,1H3. The second-order valence-corrected chi connectivity index (χ2v) is 6.07. The number of amides is 1. The van der Waals surface area contributed by atoms with Gasteiger partial charge in [0.2, 0.25) is 5.91 Å². The Morgan fingerprint density at radius 2 is 2.15 bits per heavy atom. The van der Waals surface area contributed by atoms with Gasteiger partial charge in [0.25, 0.3) is 0 Å². The summed E-state index contributed by atoms with van der Waals surface area (Å²) in [6.07, 6.45) is 6.50. The number of hydrogen-bond donors (Lipinski definition) is 1. The lowest BCUT2D eigenvalue weighted by molar-refractivity contribution is -0.131. The SMILES string of the molecule is CNCC1CCCN1C(=O)Cc1ccc2c(c1)CCC2. The van der Waals surface area contributed by atoms with Crippen LogP contribution in [0.4, 0.5) is 0 Å². The summed E-state index contributed by atoms with van der Waals surface area (Å²) < 4.78 is 0. The summed E-state index contributed by atoms with van der Waals surface area (Å²) in [5, 5.41) is 3.20. The van der Waals surface area contributed by atoms with E-state index in [4.69, 9.17) is 0 Å². The molecule has 0 saturated carbocycles. The second kappa shape index (κ2) is 5.96. The fourth-order valence-corrected chi connectivity index (χ4v) is 3.62. The van der Waals surface area contributed by atoms with E-state index in [1.54, 1.807) is 0 Å². The molecule has 0 spiro atoms. The minimum atomic E-state index is 0.292. The van der Waals surface area contributed by atoms with Crippen molar-refractivity contribution in [3.05, 3.63) is 34.9 Å². The molecule has 108 valence electrons. The zero-order chi connectivity index (χ0) is 13.9. The molecule has 1 fully saturated rings. The predicted octanol–water partition coefficient (Wildman–Crippen LogP) is 1.93. The molecule has 0 aromatic heterocycles. The molecular formula is C17H24N2O. The summed E-state index contributed by atoms with van der Waals surface area (Å²) in [5.41, 5.74) is 4.13. The van der Waals surface area contributed by atoms with E-state index in [0.29, 0.717) is 18.4 Å². The van der Waals surface area contributed by atoms with Crippen molar-refractivity contribution in [2.45, 2.75) is 44.6 Å². The number of hydrogen-bond acceptors (Lipinski definition) is 2. The van der Waals surface area contributed by atoms with Gasteiger partial charge in [0.15, 0.2) is 0 Å². The molecular weight excluding hydrogens is 248 g/mol. The van der Waals surface area contributed by atoms with E-state index in [2.05, 4.69) is 28.4 Å². The van der Waals surface area contributed by atoms with Crippen LogP contribution in [0.15, 0.2) is 18.2 Å². The summed E-state index contributed by atoms with van der Waals surface area (Å²) in [4.78, 5) is 14.6. The van der Waals surface area contributed by atoms with Crippen LogP contribution in [0.1, 0.15) is 36.0 Å². The number of fused-ring (bicyclic) bond motifs is 1. The molecule has 1 saturated heterocycles. The van der Waals surface area contributed by atoms with Gasteiger partial charge in [-0.25, -0.2) is 0 Å². The molecule has 1 aliphatic heterocycles. The van der Waals surface area contributed by atoms with E-state index in [9.17, 15) is 4.79 Å². The highest BCUT2D eigenvalue weighted by Crippen LogP contribution is 2.24. The lowest BCUT2D eigenvalue weighted by Gasteiger charge is -2.24. The van der Waals surface area contributed by atoms with Crippen molar-refractivity contribution in [1.29, 1.82) is 0 Å². The Morgan fingerprint density at radius 3 is 3.00 bits per heavy atom. The number of benzene rings is 1. The molecule has 1 aromatic carbocycles. The van der Waals surface area contributed by atoms with Crippen molar-refractivity contribution in [3.63, 3.8) is 0 Å². The highest BCUT2D eigenvalue weighted by atomic mass is 16.2. The Hall–Kier alpha value is -1.35. The largest absolute Gasteiger partial charge is 0.338 e. The summed E-state index contributed by atoms with van der Waals surface area (Å²) in [6.45, 7) is 1.84. The number of likely N-dealkylation sites (tertiary alicyclic amines) is 1. The molecule has 1 amide bonds. The Kier molecular flexibility index (Phi) is 4.06. The van der Waals surface area contributed by atoms with Crippen LogP contribution in [0.3, 0.4) is 0 Å². The molecule has 1 aliphatic carbocycles. The van der Waals surface area contributed by atoms with Gasteiger partial charge in [-0.05, 0) is 55.8 Å². The van der Waals surface area contributed by atoms with Crippen LogP contribution < -0.4 is 5.32 Å². The zero-order valence-electron chi connectivity index (χ0n) is 12.3. The lowest BCUT2D eigenvalue weighted by Crippen LogP contribution is -2.41. The van der Waals surface area contributed by atoms with Crippen molar-refractivity contribution >= 4 is 5.91 Å². The quantitative estimate of drug-likeness (QED) is 0.908. The molecule has 0 radical (unpaired) electrons. The first-order valence-electron chi connectivity index (χ1n) is 7.82. The normalized spacial score (nSPS) is 21.2. The monoisotopic (exact) mass is 272 g/mol. The van der Waals surface area contributed by atoms with E-state index in [0.717, 1.165) is 25.9 Å². The molecule has 1 N–H and O–H groups in total. The summed E-state index contributed by atoms with van der Waals surface area (Å²) in [7, 11) is 1.96. The first-order chi connectivity index (χ1) is 9.78. The van der Waals surface area contributed by atoms with Crippen molar-refractivity contribution in [2.24, 2.45) is 0 Å². The lowest BCUT2D eigenvalue weighted by atomic mass is 10.0. The fraction of sp³-hybridized carbons (Fsp3) is 0.588. The van der Waals surface area contributed by atoms with E-state index < -0.39 is 0 Å². The second-order valence-electron chi connectivity index (χ2n) is 6.07. The minimum absolute atomic E-state index is 0.292. The third-order valence-electron chi connectivity index (χ3n) is 4.66. The fourth-order valence-electron chi connectivity index (χ4n) is 3.62. The van der Waals surface area contributed by atoms with Crippen molar-refractivity contribution < 1.29 is 4.79 Å². The molecule has 1 atom stereocenters. The number of rotatable bonds is 4. The Labute approximate surface area is 121 Å². The number of nitrogens with zero attached hydrogens (tertiary/aromatic N) is 1.